The molecule has 1 aromatic rings. The van der Waals surface area contributed by atoms with Gasteiger partial charge in [0.25, 0.3) is 0 Å². The van der Waals surface area contributed by atoms with Gasteiger partial charge in [0, 0.05) is 25.2 Å². The highest BCUT2D eigenvalue weighted by Crippen LogP contribution is 2.20. The summed E-state index contributed by atoms with van der Waals surface area (Å²) in [5, 5.41) is 3.63. The zero-order chi connectivity index (χ0) is 13.7. The Hall–Kier alpha value is -0.860. The molecule has 1 aliphatic rings. The maximum atomic E-state index is 3.63. The zero-order valence-electron chi connectivity index (χ0n) is 12.7. The predicted octanol–water partition coefficient (Wildman–Crippen LogP) is 3.56. The molecule has 1 saturated carbocycles. The fraction of sp³-hybridized carbons (Fsp3) is 0.647. The third-order valence-electron chi connectivity index (χ3n) is 3.89. The smallest absolute Gasteiger partial charge is 0.0239 e. The van der Waals surface area contributed by atoms with E-state index in [0.717, 1.165) is 19.1 Å². The monoisotopic (exact) mass is 260 g/mol. The van der Waals surface area contributed by atoms with Crippen molar-refractivity contribution < 1.29 is 0 Å². The number of hydrogen-bond donors (Lipinski definition) is 1. The molecule has 0 bridgehead atoms. The summed E-state index contributed by atoms with van der Waals surface area (Å²) in [4.78, 5) is 2.57. The summed E-state index contributed by atoms with van der Waals surface area (Å²) in [6.07, 6.45) is 3.94. The van der Waals surface area contributed by atoms with Gasteiger partial charge in [-0.1, -0.05) is 31.2 Å². The number of nitrogens with zero attached hydrogens (tertiary/aromatic N) is 1. The van der Waals surface area contributed by atoms with E-state index in [1.54, 1.807) is 0 Å². The van der Waals surface area contributed by atoms with Crippen molar-refractivity contribution in [3.8, 4) is 0 Å². The molecule has 2 nitrogen and oxygen atoms in total. The third-order valence-corrected chi connectivity index (χ3v) is 3.89. The van der Waals surface area contributed by atoms with Crippen LogP contribution in [0, 0.1) is 0 Å². The second-order valence-corrected chi connectivity index (χ2v) is 5.99. The fourth-order valence-corrected chi connectivity index (χ4v) is 2.45. The Bertz CT molecular complexity index is 383. The molecule has 2 rings (SSSR count). The van der Waals surface area contributed by atoms with Gasteiger partial charge in [0.05, 0.1) is 0 Å². The van der Waals surface area contributed by atoms with E-state index in [4.69, 9.17) is 0 Å². The first-order chi connectivity index (χ1) is 9.20. The summed E-state index contributed by atoms with van der Waals surface area (Å²) in [5.74, 6) is 0. The first kappa shape index (κ1) is 14.5. The van der Waals surface area contributed by atoms with E-state index in [0.29, 0.717) is 6.04 Å². The summed E-state index contributed by atoms with van der Waals surface area (Å²) in [6, 6.07) is 10.3. The lowest BCUT2D eigenvalue weighted by molar-refractivity contribution is 0.212. The van der Waals surface area contributed by atoms with Crippen LogP contribution in [0.2, 0.25) is 0 Å². The van der Waals surface area contributed by atoms with Gasteiger partial charge in [-0.2, -0.15) is 0 Å². The molecule has 0 unspecified atom stereocenters. The molecule has 1 aliphatic carbocycles. The van der Waals surface area contributed by atoms with Crippen LogP contribution in [-0.2, 0) is 13.1 Å². The topological polar surface area (TPSA) is 15.3 Å². The molecule has 1 fully saturated rings. The molecular formula is C17H28N2. The quantitative estimate of drug-likeness (QED) is 0.769. The molecule has 1 N–H and O–H groups in total. The SMILES string of the molecule is CCCN(Cc1ccccc1CNC1CC1)C(C)C. The molecule has 0 amide bonds. The lowest BCUT2D eigenvalue weighted by Gasteiger charge is -2.27. The van der Waals surface area contributed by atoms with Crippen LogP contribution in [0.5, 0.6) is 0 Å². The van der Waals surface area contributed by atoms with Gasteiger partial charge in [-0.15, -0.1) is 0 Å². The van der Waals surface area contributed by atoms with Crippen molar-refractivity contribution in [3.05, 3.63) is 35.4 Å². The molecule has 19 heavy (non-hydrogen) atoms. The highest BCUT2D eigenvalue weighted by atomic mass is 15.1. The zero-order valence-corrected chi connectivity index (χ0v) is 12.7. The van der Waals surface area contributed by atoms with E-state index >= 15 is 0 Å². The molecule has 1 aromatic carbocycles. The normalized spacial score (nSPS) is 15.4. The highest BCUT2D eigenvalue weighted by molar-refractivity contribution is 5.27. The van der Waals surface area contributed by atoms with Crippen molar-refractivity contribution in [2.75, 3.05) is 6.54 Å². The Morgan fingerprint density at radius 2 is 1.89 bits per heavy atom. The second-order valence-electron chi connectivity index (χ2n) is 5.99. The number of benzene rings is 1. The van der Waals surface area contributed by atoms with Crippen molar-refractivity contribution in [2.24, 2.45) is 0 Å². The molecule has 0 spiro atoms. The van der Waals surface area contributed by atoms with Gasteiger partial charge in [-0.05, 0) is 50.8 Å². The largest absolute Gasteiger partial charge is 0.310 e. The van der Waals surface area contributed by atoms with Gasteiger partial charge < -0.3 is 5.32 Å². The fourth-order valence-electron chi connectivity index (χ4n) is 2.45. The molecule has 0 radical (unpaired) electrons. The minimum Gasteiger partial charge on any atom is -0.310 e. The van der Waals surface area contributed by atoms with Crippen molar-refractivity contribution in [2.45, 2.75) is 65.2 Å². The van der Waals surface area contributed by atoms with Gasteiger partial charge in [0.2, 0.25) is 0 Å². The molecule has 0 atom stereocenters. The van der Waals surface area contributed by atoms with Crippen LogP contribution in [0.25, 0.3) is 0 Å². The van der Waals surface area contributed by atoms with Crippen LogP contribution >= 0.6 is 0 Å². The van der Waals surface area contributed by atoms with E-state index in [9.17, 15) is 0 Å². The van der Waals surface area contributed by atoms with Crippen LogP contribution in [0.3, 0.4) is 0 Å². The molecule has 0 aliphatic heterocycles. The van der Waals surface area contributed by atoms with E-state index in [2.05, 4.69) is 55.3 Å². The van der Waals surface area contributed by atoms with Crippen molar-refractivity contribution in [1.82, 2.24) is 10.2 Å². The summed E-state index contributed by atoms with van der Waals surface area (Å²) in [7, 11) is 0. The average Bonchev–Trinajstić information content (AvgIpc) is 3.21. The Labute approximate surface area is 118 Å². The summed E-state index contributed by atoms with van der Waals surface area (Å²) in [5.41, 5.74) is 2.95. The number of nitrogens with one attached hydrogen (secondary N) is 1. The lowest BCUT2D eigenvalue weighted by atomic mass is 10.1. The second kappa shape index (κ2) is 7.06. The van der Waals surface area contributed by atoms with Crippen molar-refractivity contribution >= 4 is 0 Å². The maximum absolute atomic E-state index is 3.63. The molecular weight excluding hydrogens is 232 g/mol. The lowest BCUT2D eigenvalue weighted by Crippen LogP contribution is -2.31. The Morgan fingerprint density at radius 1 is 1.21 bits per heavy atom. The van der Waals surface area contributed by atoms with Crippen LogP contribution in [0.1, 0.15) is 51.2 Å². The van der Waals surface area contributed by atoms with Gasteiger partial charge in [-0.25, -0.2) is 0 Å². The van der Waals surface area contributed by atoms with Gasteiger partial charge in [-0.3, -0.25) is 4.90 Å². The van der Waals surface area contributed by atoms with E-state index in [1.807, 2.05) is 0 Å². The highest BCUT2D eigenvalue weighted by Gasteiger charge is 2.20. The van der Waals surface area contributed by atoms with Crippen LogP contribution in [-0.4, -0.2) is 23.5 Å². The minimum absolute atomic E-state index is 0.615. The van der Waals surface area contributed by atoms with Crippen molar-refractivity contribution in [1.29, 1.82) is 0 Å². The average molecular weight is 260 g/mol. The Morgan fingerprint density at radius 3 is 2.47 bits per heavy atom. The number of rotatable bonds is 8. The Balaban J connectivity index is 2.00. The van der Waals surface area contributed by atoms with Gasteiger partial charge >= 0.3 is 0 Å². The van der Waals surface area contributed by atoms with E-state index in [-0.39, 0.29) is 0 Å². The standard InChI is InChI=1S/C17H28N2/c1-4-11-19(14(2)3)13-16-8-6-5-7-15(16)12-18-17-9-10-17/h5-8,14,17-18H,4,9-13H2,1-3H3. The molecule has 0 aromatic heterocycles. The molecule has 0 saturated heterocycles. The maximum Gasteiger partial charge on any atom is 0.0239 e. The van der Waals surface area contributed by atoms with Crippen LogP contribution in [0.4, 0.5) is 0 Å². The van der Waals surface area contributed by atoms with Crippen molar-refractivity contribution in [3.63, 3.8) is 0 Å². The predicted molar refractivity (Wildman–Crippen MR) is 82.1 cm³/mol. The van der Waals surface area contributed by atoms with E-state index in [1.165, 1.54) is 36.9 Å². The summed E-state index contributed by atoms with van der Waals surface area (Å²) >= 11 is 0. The minimum atomic E-state index is 0.615. The Kier molecular flexibility index (Phi) is 5.41. The first-order valence-electron chi connectivity index (χ1n) is 7.75. The molecule has 2 heteroatoms. The molecule has 0 heterocycles. The first-order valence-corrected chi connectivity index (χ1v) is 7.75. The van der Waals surface area contributed by atoms with Gasteiger partial charge in [0.15, 0.2) is 0 Å². The summed E-state index contributed by atoms with van der Waals surface area (Å²) < 4.78 is 0. The summed E-state index contributed by atoms with van der Waals surface area (Å²) in [6.45, 7) is 10.1. The van der Waals surface area contributed by atoms with E-state index < -0.39 is 0 Å². The molecule has 106 valence electrons. The number of hydrogen-bond acceptors (Lipinski definition) is 2. The van der Waals surface area contributed by atoms with Crippen LogP contribution in [0.15, 0.2) is 24.3 Å². The van der Waals surface area contributed by atoms with Crippen LogP contribution < -0.4 is 5.32 Å². The third kappa shape index (κ3) is 4.63. The van der Waals surface area contributed by atoms with Gasteiger partial charge in [0.1, 0.15) is 0 Å².